The number of amides is 1. The minimum Gasteiger partial charge on any atom is -0.377 e. The molecule has 0 atom stereocenters. The van der Waals surface area contributed by atoms with Crippen LogP contribution in [-0.4, -0.2) is 44.6 Å². The summed E-state index contributed by atoms with van der Waals surface area (Å²) in [6.07, 6.45) is 8.00. The van der Waals surface area contributed by atoms with Gasteiger partial charge in [0.2, 0.25) is 0 Å². The van der Waals surface area contributed by atoms with Crippen molar-refractivity contribution >= 4 is 16.8 Å². The number of rotatable bonds is 9. The molecule has 0 saturated carbocycles. The Balaban J connectivity index is 1.10. The lowest BCUT2D eigenvalue weighted by atomic mass is 9.95. The molecule has 1 aliphatic heterocycles. The number of aromatic nitrogens is 3. The maximum atomic E-state index is 13.2. The molecule has 2 aromatic heterocycles. The Morgan fingerprint density at radius 2 is 1.80 bits per heavy atom. The van der Waals surface area contributed by atoms with Crippen molar-refractivity contribution in [2.45, 2.75) is 44.8 Å². The smallest absolute Gasteiger partial charge is 0.270 e. The number of carbonyl (C=O) groups is 1. The summed E-state index contributed by atoms with van der Waals surface area (Å²) in [6.45, 7) is 3.94. The molecule has 35 heavy (non-hydrogen) atoms. The molecule has 4 aromatic rings. The van der Waals surface area contributed by atoms with Crippen molar-refractivity contribution < 1.29 is 9.53 Å². The molecule has 1 amide bonds. The summed E-state index contributed by atoms with van der Waals surface area (Å²) in [5.74, 6) is 1.68. The highest BCUT2D eigenvalue weighted by Crippen LogP contribution is 2.29. The zero-order chi connectivity index (χ0) is 24.0. The summed E-state index contributed by atoms with van der Waals surface area (Å²) >= 11 is 0. The second-order valence-electron chi connectivity index (χ2n) is 9.44. The fourth-order valence-electron chi connectivity index (χ4n) is 5.12. The van der Waals surface area contributed by atoms with E-state index in [0.717, 1.165) is 74.3 Å². The molecule has 6 heteroatoms. The average Bonchev–Trinajstić information content (AvgIpc) is 3.51. The lowest BCUT2D eigenvalue weighted by molar-refractivity contribution is 0.0701. The highest BCUT2D eigenvalue weighted by Gasteiger charge is 2.28. The summed E-state index contributed by atoms with van der Waals surface area (Å²) in [6, 6.07) is 20.5. The van der Waals surface area contributed by atoms with Crippen LogP contribution in [0, 0.1) is 0 Å². The number of ether oxygens (including phenoxy) is 1. The molecule has 182 valence electrons. The Bertz CT molecular complexity index is 1250. The van der Waals surface area contributed by atoms with Gasteiger partial charge in [-0.3, -0.25) is 4.79 Å². The van der Waals surface area contributed by atoms with Crippen LogP contribution in [0.25, 0.3) is 10.9 Å². The van der Waals surface area contributed by atoms with Crippen molar-refractivity contribution in [1.29, 1.82) is 0 Å². The number of likely N-dealkylation sites (tertiary alicyclic amines) is 1. The fourth-order valence-corrected chi connectivity index (χ4v) is 5.12. The maximum absolute atomic E-state index is 13.2. The quantitative estimate of drug-likeness (QED) is 0.308. The van der Waals surface area contributed by atoms with Crippen molar-refractivity contribution in [3.05, 3.63) is 90.1 Å². The van der Waals surface area contributed by atoms with Crippen LogP contribution in [0.2, 0.25) is 0 Å². The van der Waals surface area contributed by atoms with E-state index in [2.05, 4.69) is 40.0 Å². The number of hydrogen-bond acceptors (Lipinski definition) is 3. The van der Waals surface area contributed by atoms with Crippen LogP contribution in [0.4, 0.5) is 0 Å². The minimum atomic E-state index is 0.126. The number of aryl methyl sites for hydroxylation is 2. The lowest BCUT2D eigenvalue weighted by Crippen LogP contribution is -2.39. The van der Waals surface area contributed by atoms with Crippen LogP contribution in [0.3, 0.4) is 0 Å². The van der Waals surface area contributed by atoms with Gasteiger partial charge in [0.05, 0.1) is 6.61 Å². The number of nitrogens with zero attached hydrogens (tertiary/aromatic N) is 4. The summed E-state index contributed by atoms with van der Waals surface area (Å²) in [7, 11) is 1.98. The SMILES string of the molecule is Cn1c(C(=O)N2CCC(c3nccn3CCCCOCc3ccccc3)CC2)cc2ccccc21. The predicted octanol–water partition coefficient (Wildman–Crippen LogP) is 5.39. The molecule has 5 rings (SSSR count). The van der Waals surface area contributed by atoms with Crippen LogP contribution in [-0.2, 0) is 24.9 Å². The first kappa shape index (κ1) is 23.4. The first-order valence-corrected chi connectivity index (χ1v) is 12.7. The topological polar surface area (TPSA) is 52.3 Å². The number of fused-ring (bicyclic) bond motifs is 1. The molecule has 0 bridgehead atoms. The van der Waals surface area contributed by atoms with Gasteiger partial charge in [-0.05, 0) is 43.4 Å². The predicted molar refractivity (Wildman–Crippen MR) is 138 cm³/mol. The summed E-state index contributed by atoms with van der Waals surface area (Å²) < 4.78 is 10.1. The Kier molecular flexibility index (Phi) is 7.28. The van der Waals surface area contributed by atoms with Crippen LogP contribution in [0.5, 0.6) is 0 Å². The second kappa shape index (κ2) is 10.9. The third-order valence-corrected chi connectivity index (χ3v) is 7.12. The zero-order valence-electron chi connectivity index (χ0n) is 20.5. The molecule has 2 aromatic carbocycles. The molecule has 0 spiro atoms. The maximum Gasteiger partial charge on any atom is 0.270 e. The normalized spacial score (nSPS) is 14.6. The van der Waals surface area contributed by atoms with E-state index in [-0.39, 0.29) is 5.91 Å². The van der Waals surface area contributed by atoms with Crippen molar-refractivity contribution in [2.24, 2.45) is 7.05 Å². The van der Waals surface area contributed by atoms with E-state index in [1.165, 1.54) is 5.56 Å². The Labute approximate surface area is 207 Å². The van der Waals surface area contributed by atoms with E-state index in [4.69, 9.17) is 4.74 Å². The molecule has 1 aliphatic rings. The number of para-hydroxylation sites is 1. The first-order valence-electron chi connectivity index (χ1n) is 12.7. The molecule has 0 radical (unpaired) electrons. The van der Waals surface area contributed by atoms with E-state index in [9.17, 15) is 4.79 Å². The summed E-state index contributed by atoms with van der Waals surface area (Å²) in [5, 5.41) is 1.11. The van der Waals surface area contributed by atoms with Crippen LogP contribution >= 0.6 is 0 Å². The van der Waals surface area contributed by atoms with Gasteiger partial charge in [0, 0.05) is 62.5 Å². The Morgan fingerprint density at radius 3 is 2.60 bits per heavy atom. The number of imidazole rings is 1. The minimum absolute atomic E-state index is 0.126. The van der Waals surface area contributed by atoms with E-state index in [1.807, 2.05) is 59.1 Å². The molecule has 0 N–H and O–H groups in total. The van der Waals surface area contributed by atoms with Crippen LogP contribution in [0.1, 0.15) is 53.5 Å². The average molecular weight is 471 g/mol. The number of hydrogen-bond donors (Lipinski definition) is 0. The number of benzene rings is 2. The van der Waals surface area contributed by atoms with Gasteiger partial charge in [-0.15, -0.1) is 0 Å². The molecular weight excluding hydrogens is 436 g/mol. The number of carbonyl (C=O) groups excluding carboxylic acids is 1. The zero-order valence-corrected chi connectivity index (χ0v) is 20.5. The van der Waals surface area contributed by atoms with E-state index in [1.54, 1.807) is 0 Å². The fraction of sp³-hybridized carbons (Fsp3) is 0.379. The van der Waals surface area contributed by atoms with Crippen molar-refractivity contribution in [2.75, 3.05) is 19.7 Å². The van der Waals surface area contributed by atoms with Gasteiger partial charge in [0.15, 0.2) is 0 Å². The number of piperidine rings is 1. The van der Waals surface area contributed by atoms with E-state index in [0.29, 0.717) is 12.5 Å². The van der Waals surface area contributed by atoms with Gasteiger partial charge < -0.3 is 18.8 Å². The Morgan fingerprint density at radius 1 is 1.03 bits per heavy atom. The van der Waals surface area contributed by atoms with E-state index >= 15 is 0 Å². The summed E-state index contributed by atoms with van der Waals surface area (Å²) in [4.78, 5) is 19.9. The van der Waals surface area contributed by atoms with E-state index < -0.39 is 0 Å². The third kappa shape index (κ3) is 5.33. The van der Waals surface area contributed by atoms with Crippen molar-refractivity contribution in [3.63, 3.8) is 0 Å². The van der Waals surface area contributed by atoms with Gasteiger partial charge in [-0.2, -0.15) is 0 Å². The molecular formula is C29H34N4O2. The van der Waals surface area contributed by atoms with Gasteiger partial charge in [-0.1, -0.05) is 48.5 Å². The molecule has 3 heterocycles. The lowest BCUT2D eigenvalue weighted by Gasteiger charge is -2.32. The summed E-state index contributed by atoms with van der Waals surface area (Å²) in [5.41, 5.74) is 3.08. The first-order chi connectivity index (χ1) is 17.2. The highest BCUT2D eigenvalue weighted by molar-refractivity contribution is 5.98. The monoisotopic (exact) mass is 470 g/mol. The number of unbranched alkanes of at least 4 members (excludes halogenated alkanes) is 1. The largest absolute Gasteiger partial charge is 0.377 e. The molecule has 1 saturated heterocycles. The van der Waals surface area contributed by atoms with Crippen LogP contribution in [0.15, 0.2) is 73.1 Å². The molecule has 6 nitrogen and oxygen atoms in total. The second-order valence-corrected chi connectivity index (χ2v) is 9.44. The van der Waals surface area contributed by atoms with Gasteiger partial charge in [0.1, 0.15) is 11.5 Å². The van der Waals surface area contributed by atoms with Gasteiger partial charge >= 0.3 is 0 Å². The molecule has 1 fully saturated rings. The van der Waals surface area contributed by atoms with Crippen LogP contribution < -0.4 is 0 Å². The van der Waals surface area contributed by atoms with Gasteiger partial charge in [0.25, 0.3) is 5.91 Å². The Hall–Kier alpha value is -3.38. The molecule has 0 aliphatic carbocycles. The standard InChI is InChI=1S/C29H34N4O2/c1-31-26-12-6-5-11-25(26)21-27(31)29(34)33-17-13-24(14-18-33)28-30-15-19-32(28)16-7-8-20-35-22-23-9-3-2-4-10-23/h2-6,9-12,15,19,21,24H,7-8,13-14,16-18,20,22H2,1H3. The highest BCUT2D eigenvalue weighted by atomic mass is 16.5. The molecule has 0 unspecified atom stereocenters. The third-order valence-electron chi connectivity index (χ3n) is 7.12. The van der Waals surface area contributed by atoms with Gasteiger partial charge in [-0.25, -0.2) is 4.98 Å². The van der Waals surface area contributed by atoms with Crippen molar-refractivity contribution in [3.8, 4) is 0 Å². The van der Waals surface area contributed by atoms with Crippen molar-refractivity contribution in [1.82, 2.24) is 19.0 Å².